The molecule has 0 atom stereocenters. The zero-order valence-electron chi connectivity index (χ0n) is 6.68. The lowest BCUT2D eigenvalue weighted by Crippen LogP contribution is -2.27. The molecule has 0 bridgehead atoms. The molecule has 1 aliphatic heterocycles. The van der Waals surface area contributed by atoms with Crippen LogP contribution in [0, 0.1) is 5.41 Å². The summed E-state index contributed by atoms with van der Waals surface area (Å²) in [6.45, 7) is 6.76. The lowest BCUT2D eigenvalue weighted by atomic mass is 9.90. The molecular formula is C8H16ClN. The van der Waals surface area contributed by atoms with E-state index in [4.69, 9.17) is 0 Å². The van der Waals surface area contributed by atoms with Crippen molar-refractivity contribution in [3.8, 4) is 0 Å². The number of allylic oxidation sites excluding steroid dienone is 1. The van der Waals surface area contributed by atoms with Crippen LogP contribution in [-0.2, 0) is 0 Å². The van der Waals surface area contributed by atoms with E-state index < -0.39 is 0 Å². The minimum absolute atomic E-state index is 0. The maximum atomic E-state index is 3.35. The van der Waals surface area contributed by atoms with E-state index in [0.29, 0.717) is 5.41 Å². The Balaban J connectivity index is 0.000000810. The van der Waals surface area contributed by atoms with Gasteiger partial charge in [-0.05, 0) is 11.8 Å². The summed E-state index contributed by atoms with van der Waals surface area (Å²) < 4.78 is 0. The van der Waals surface area contributed by atoms with Crippen LogP contribution in [0.15, 0.2) is 12.2 Å². The standard InChI is InChI=1S/C8H15N.ClH/c1-8(2)5-3-4-6-9-7-8;/h3-4,9H,5-7H2,1-2H3;1H. The van der Waals surface area contributed by atoms with E-state index >= 15 is 0 Å². The van der Waals surface area contributed by atoms with Gasteiger partial charge in [-0.1, -0.05) is 26.0 Å². The van der Waals surface area contributed by atoms with Crippen molar-refractivity contribution in [2.75, 3.05) is 13.1 Å². The lowest BCUT2D eigenvalue weighted by molar-refractivity contribution is 0.359. The fourth-order valence-corrected chi connectivity index (χ4v) is 1.05. The summed E-state index contributed by atoms with van der Waals surface area (Å²) >= 11 is 0. The minimum atomic E-state index is 0. The molecule has 1 rings (SSSR count). The smallest absolute Gasteiger partial charge is 0.0135 e. The Bertz CT molecular complexity index is 118. The third-order valence-electron chi connectivity index (χ3n) is 1.70. The van der Waals surface area contributed by atoms with Crippen LogP contribution in [0.25, 0.3) is 0 Å². The van der Waals surface area contributed by atoms with E-state index in [-0.39, 0.29) is 12.4 Å². The minimum Gasteiger partial charge on any atom is -0.313 e. The van der Waals surface area contributed by atoms with Crippen LogP contribution in [0.2, 0.25) is 0 Å². The number of hydrogen-bond acceptors (Lipinski definition) is 1. The van der Waals surface area contributed by atoms with E-state index in [1.54, 1.807) is 0 Å². The average Bonchev–Trinajstić information content (AvgIpc) is 1.92. The summed E-state index contributed by atoms with van der Waals surface area (Å²) in [6.07, 6.45) is 5.68. The molecule has 0 saturated carbocycles. The van der Waals surface area contributed by atoms with Gasteiger partial charge in [0, 0.05) is 13.1 Å². The Morgan fingerprint density at radius 1 is 1.30 bits per heavy atom. The maximum Gasteiger partial charge on any atom is 0.0135 e. The van der Waals surface area contributed by atoms with Crippen LogP contribution in [0.5, 0.6) is 0 Å². The molecule has 10 heavy (non-hydrogen) atoms. The SMILES string of the molecule is CC1(C)CC=CCNC1.Cl. The zero-order chi connectivity index (χ0) is 6.74. The molecule has 60 valence electrons. The topological polar surface area (TPSA) is 12.0 Å². The van der Waals surface area contributed by atoms with Crippen molar-refractivity contribution in [1.29, 1.82) is 0 Å². The first-order valence-electron chi connectivity index (χ1n) is 3.56. The average molecular weight is 162 g/mol. The van der Waals surface area contributed by atoms with Gasteiger partial charge >= 0.3 is 0 Å². The Kier molecular flexibility index (Phi) is 3.99. The van der Waals surface area contributed by atoms with Crippen LogP contribution >= 0.6 is 12.4 Å². The fraction of sp³-hybridized carbons (Fsp3) is 0.750. The van der Waals surface area contributed by atoms with Crippen molar-refractivity contribution in [3.05, 3.63) is 12.2 Å². The molecule has 0 aliphatic carbocycles. The van der Waals surface area contributed by atoms with E-state index in [2.05, 4.69) is 31.3 Å². The monoisotopic (exact) mass is 161 g/mol. The molecule has 0 saturated heterocycles. The van der Waals surface area contributed by atoms with Gasteiger partial charge in [0.15, 0.2) is 0 Å². The Labute approximate surface area is 69.3 Å². The molecule has 2 heteroatoms. The molecule has 0 aromatic rings. The number of rotatable bonds is 0. The van der Waals surface area contributed by atoms with Gasteiger partial charge in [0.25, 0.3) is 0 Å². The number of halogens is 1. The molecule has 0 radical (unpaired) electrons. The van der Waals surface area contributed by atoms with Gasteiger partial charge in [-0.3, -0.25) is 0 Å². The Hall–Kier alpha value is -0.0100. The van der Waals surface area contributed by atoms with Crippen LogP contribution < -0.4 is 5.32 Å². The number of hydrogen-bond donors (Lipinski definition) is 1. The van der Waals surface area contributed by atoms with Crippen LogP contribution in [0.4, 0.5) is 0 Å². The van der Waals surface area contributed by atoms with Crippen molar-refractivity contribution in [1.82, 2.24) is 5.32 Å². The molecule has 1 aliphatic rings. The predicted octanol–water partition coefficient (Wildman–Crippen LogP) is 1.98. The first kappa shape index (κ1) is 9.99. The van der Waals surface area contributed by atoms with E-state index in [1.165, 1.54) is 6.42 Å². The van der Waals surface area contributed by atoms with Crippen molar-refractivity contribution in [3.63, 3.8) is 0 Å². The van der Waals surface area contributed by atoms with E-state index in [9.17, 15) is 0 Å². The highest BCUT2D eigenvalue weighted by Crippen LogP contribution is 2.20. The predicted molar refractivity (Wildman–Crippen MR) is 47.7 cm³/mol. The molecule has 0 amide bonds. The molecule has 0 fully saturated rings. The van der Waals surface area contributed by atoms with Gasteiger partial charge in [0.1, 0.15) is 0 Å². The van der Waals surface area contributed by atoms with Crippen molar-refractivity contribution < 1.29 is 0 Å². The van der Waals surface area contributed by atoms with Crippen molar-refractivity contribution >= 4 is 12.4 Å². The Morgan fingerprint density at radius 3 is 2.70 bits per heavy atom. The summed E-state index contributed by atoms with van der Waals surface area (Å²) in [6, 6.07) is 0. The van der Waals surface area contributed by atoms with E-state index in [0.717, 1.165) is 13.1 Å². The highest BCUT2D eigenvalue weighted by atomic mass is 35.5. The summed E-state index contributed by atoms with van der Waals surface area (Å²) in [7, 11) is 0. The van der Waals surface area contributed by atoms with Gasteiger partial charge in [0.05, 0.1) is 0 Å². The maximum absolute atomic E-state index is 3.35. The molecule has 1 N–H and O–H groups in total. The lowest BCUT2D eigenvalue weighted by Gasteiger charge is -2.20. The first-order valence-corrected chi connectivity index (χ1v) is 3.56. The van der Waals surface area contributed by atoms with E-state index in [1.807, 2.05) is 0 Å². The van der Waals surface area contributed by atoms with Crippen molar-refractivity contribution in [2.24, 2.45) is 5.41 Å². The summed E-state index contributed by atoms with van der Waals surface area (Å²) in [5.74, 6) is 0. The zero-order valence-corrected chi connectivity index (χ0v) is 7.50. The fourth-order valence-electron chi connectivity index (χ4n) is 1.05. The molecule has 0 spiro atoms. The second kappa shape index (κ2) is 3.99. The van der Waals surface area contributed by atoms with Gasteiger partial charge in [-0.15, -0.1) is 12.4 Å². The molecule has 1 nitrogen and oxygen atoms in total. The molecule has 0 aromatic carbocycles. The third-order valence-corrected chi connectivity index (χ3v) is 1.70. The van der Waals surface area contributed by atoms with Crippen molar-refractivity contribution in [2.45, 2.75) is 20.3 Å². The van der Waals surface area contributed by atoms with Gasteiger partial charge < -0.3 is 5.32 Å². The summed E-state index contributed by atoms with van der Waals surface area (Å²) in [4.78, 5) is 0. The highest BCUT2D eigenvalue weighted by molar-refractivity contribution is 5.85. The molecule has 1 heterocycles. The first-order chi connectivity index (χ1) is 4.21. The Morgan fingerprint density at radius 2 is 2.00 bits per heavy atom. The number of nitrogens with one attached hydrogen (secondary N) is 1. The second-order valence-electron chi connectivity index (χ2n) is 3.47. The second-order valence-corrected chi connectivity index (χ2v) is 3.47. The molecule has 0 aromatic heterocycles. The third kappa shape index (κ3) is 3.23. The van der Waals surface area contributed by atoms with Gasteiger partial charge in [-0.2, -0.15) is 0 Å². The van der Waals surface area contributed by atoms with Crippen LogP contribution in [0.3, 0.4) is 0 Å². The molecule has 0 unspecified atom stereocenters. The molecular weight excluding hydrogens is 146 g/mol. The van der Waals surface area contributed by atoms with Crippen LogP contribution in [-0.4, -0.2) is 13.1 Å². The van der Waals surface area contributed by atoms with Crippen LogP contribution in [0.1, 0.15) is 20.3 Å². The highest BCUT2D eigenvalue weighted by Gasteiger charge is 2.15. The van der Waals surface area contributed by atoms with Gasteiger partial charge in [0.2, 0.25) is 0 Å². The summed E-state index contributed by atoms with van der Waals surface area (Å²) in [5, 5.41) is 3.35. The quantitative estimate of drug-likeness (QED) is 0.536. The largest absolute Gasteiger partial charge is 0.313 e. The summed E-state index contributed by atoms with van der Waals surface area (Å²) in [5.41, 5.74) is 0.465. The van der Waals surface area contributed by atoms with Gasteiger partial charge in [-0.25, -0.2) is 0 Å². The normalized spacial score (nSPS) is 23.0.